The van der Waals surface area contributed by atoms with Gasteiger partial charge in [-0.05, 0) is 25.3 Å². The van der Waals surface area contributed by atoms with Crippen molar-refractivity contribution in [3.63, 3.8) is 0 Å². The molecule has 0 unspecified atom stereocenters. The highest BCUT2D eigenvalue weighted by atomic mass is 15.1. The summed E-state index contributed by atoms with van der Waals surface area (Å²) in [6, 6.07) is 10.9. The highest BCUT2D eigenvalue weighted by Crippen LogP contribution is 2.14. The van der Waals surface area contributed by atoms with Gasteiger partial charge in [0.05, 0.1) is 19.5 Å². The SMILES string of the molecule is CCCCCCCCCCCCCCCCCC[n+]1ccn(CC)c1Cc1ccccc1. The molecule has 2 heteroatoms. The van der Waals surface area contributed by atoms with E-state index in [9.17, 15) is 0 Å². The Morgan fingerprint density at radius 3 is 1.62 bits per heavy atom. The Morgan fingerprint density at radius 1 is 0.625 bits per heavy atom. The van der Waals surface area contributed by atoms with Crippen LogP contribution in [-0.4, -0.2) is 4.57 Å². The van der Waals surface area contributed by atoms with Crippen molar-refractivity contribution in [2.45, 2.75) is 136 Å². The van der Waals surface area contributed by atoms with E-state index >= 15 is 0 Å². The zero-order valence-corrected chi connectivity index (χ0v) is 21.4. The molecule has 0 saturated carbocycles. The van der Waals surface area contributed by atoms with Gasteiger partial charge in [-0.25, -0.2) is 9.13 Å². The van der Waals surface area contributed by atoms with Gasteiger partial charge in [0.15, 0.2) is 0 Å². The summed E-state index contributed by atoms with van der Waals surface area (Å²) in [5.74, 6) is 1.44. The summed E-state index contributed by atoms with van der Waals surface area (Å²) in [5.41, 5.74) is 1.40. The molecule has 0 N–H and O–H groups in total. The van der Waals surface area contributed by atoms with Crippen LogP contribution in [0.25, 0.3) is 0 Å². The van der Waals surface area contributed by atoms with Crippen LogP contribution in [0, 0.1) is 0 Å². The van der Waals surface area contributed by atoms with Crippen LogP contribution in [-0.2, 0) is 19.5 Å². The van der Waals surface area contributed by atoms with Gasteiger partial charge in [-0.3, -0.25) is 0 Å². The highest BCUT2D eigenvalue weighted by Gasteiger charge is 2.16. The fourth-order valence-corrected chi connectivity index (χ4v) is 4.80. The van der Waals surface area contributed by atoms with Gasteiger partial charge in [0, 0.05) is 0 Å². The van der Waals surface area contributed by atoms with Gasteiger partial charge in [0.1, 0.15) is 12.4 Å². The Bertz CT molecular complexity index is 673. The first-order valence-corrected chi connectivity index (χ1v) is 14.0. The molecule has 0 aliphatic carbocycles. The van der Waals surface area contributed by atoms with Crippen molar-refractivity contribution in [3.8, 4) is 0 Å². The third-order valence-corrected chi connectivity index (χ3v) is 6.89. The van der Waals surface area contributed by atoms with Crippen molar-refractivity contribution in [2.24, 2.45) is 0 Å². The summed E-state index contributed by atoms with van der Waals surface area (Å²) in [4.78, 5) is 0. The van der Waals surface area contributed by atoms with Gasteiger partial charge in [-0.1, -0.05) is 127 Å². The van der Waals surface area contributed by atoms with Gasteiger partial charge < -0.3 is 0 Å². The largest absolute Gasteiger partial charge is 0.260 e. The molecule has 1 heterocycles. The van der Waals surface area contributed by atoms with Gasteiger partial charge in [-0.15, -0.1) is 0 Å². The van der Waals surface area contributed by atoms with E-state index in [1.54, 1.807) is 0 Å². The van der Waals surface area contributed by atoms with E-state index in [4.69, 9.17) is 0 Å². The standard InChI is InChI=1S/C30H51N2/c1-3-5-6-7-8-9-10-11-12-13-14-15-16-17-18-22-25-32-27-26-31(4-2)30(32)28-29-23-20-19-21-24-29/h19-21,23-24,26-27H,3-18,22,25,28H2,1-2H3/q+1. The Hall–Kier alpha value is -1.57. The third-order valence-electron chi connectivity index (χ3n) is 6.89. The van der Waals surface area contributed by atoms with Gasteiger partial charge in [-0.2, -0.15) is 0 Å². The van der Waals surface area contributed by atoms with Gasteiger partial charge in [0.25, 0.3) is 5.82 Å². The monoisotopic (exact) mass is 439 g/mol. The fraction of sp³-hybridized carbons (Fsp3) is 0.700. The summed E-state index contributed by atoms with van der Waals surface area (Å²) in [7, 11) is 0. The van der Waals surface area contributed by atoms with E-state index in [1.165, 1.54) is 114 Å². The van der Waals surface area contributed by atoms with E-state index in [0.717, 1.165) is 19.5 Å². The molecule has 180 valence electrons. The normalized spacial score (nSPS) is 11.3. The predicted octanol–water partition coefficient (Wildman–Crippen LogP) is 8.65. The van der Waals surface area contributed by atoms with Gasteiger partial charge in [0.2, 0.25) is 0 Å². The second kappa shape index (κ2) is 17.9. The van der Waals surface area contributed by atoms with E-state index < -0.39 is 0 Å². The van der Waals surface area contributed by atoms with Crippen molar-refractivity contribution in [1.29, 1.82) is 0 Å². The number of imidazole rings is 1. The fourth-order valence-electron chi connectivity index (χ4n) is 4.80. The first-order chi connectivity index (χ1) is 15.8. The molecule has 2 aromatic rings. The molecule has 0 atom stereocenters. The van der Waals surface area contributed by atoms with Crippen LogP contribution in [0.4, 0.5) is 0 Å². The van der Waals surface area contributed by atoms with Crippen molar-refractivity contribution in [3.05, 3.63) is 54.1 Å². The summed E-state index contributed by atoms with van der Waals surface area (Å²) in [6.45, 7) is 6.75. The number of rotatable bonds is 20. The second-order valence-electron chi connectivity index (χ2n) is 9.66. The third kappa shape index (κ3) is 11.3. The molecule has 1 aromatic heterocycles. The zero-order valence-electron chi connectivity index (χ0n) is 21.4. The number of unbranched alkanes of at least 4 members (excludes halogenated alkanes) is 15. The Labute approximate surface area is 199 Å². The number of aryl methyl sites for hydroxylation is 2. The summed E-state index contributed by atoms with van der Waals surface area (Å²) < 4.78 is 4.89. The smallest absolute Gasteiger partial charge is 0.234 e. The van der Waals surface area contributed by atoms with Crippen molar-refractivity contribution >= 4 is 0 Å². The summed E-state index contributed by atoms with van der Waals surface area (Å²) in [5, 5.41) is 0. The van der Waals surface area contributed by atoms with Crippen molar-refractivity contribution in [1.82, 2.24) is 4.57 Å². The molecule has 0 saturated heterocycles. The van der Waals surface area contributed by atoms with Crippen molar-refractivity contribution < 1.29 is 4.57 Å². The first kappa shape index (κ1) is 26.7. The lowest BCUT2D eigenvalue weighted by Crippen LogP contribution is -2.37. The molecular weight excluding hydrogens is 388 g/mol. The summed E-state index contributed by atoms with van der Waals surface area (Å²) >= 11 is 0. The van der Waals surface area contributed by atoms with Gasteiger partial charge >= 0.3 is 0 Å². The maximum atomic E-state index is 2.49. The minimum atomic E-state index is 1.03. The highest BCUT2D eigenvalue weighted by molar-refractivity contribution is 5.18. The number of nitrogens with zero attached hydrogens (tertiary/aromatic N) is 2. The average Bonchev–Trinajstić information content (AvgIpc) is 3.20. The van der Waals surface area contributed by atoms with Crippen LogP contribution >= 0.6 is 0 Å². The minimum absolute atomic E-state index is 1.03. The van der Waals surface area contributed by atoms with E-state index in [1.807, 2.05) is 0 Å². The van der Waals surface area contributed by atoms with Crippen LogP contribution < -0.4 is 4.57 Å². The molecule has 2 rings (SSSR count). The second-order valence-corrected chi connectivity index (χ2v) is 9.66. The van der Waals surface area contributed by atoms with Crippen LogP contribution in [0.15, 0.2) is 42.7 Å². The maximum Gasteiger partial charge on any atom is 0.260 e. The molecule has 0 spiro atoms. The number of aromatic nitrogens is 2. The Balaban J connectivity index is 1.47. The molecule has 0 aliphatic heterocycles. The molecule has 0 fully saturated rings. The Morgan fingerprint density at radius 2 is 1.12 bits per heavy atom. The molecule has 0 bridgehead atoms. The number of hydrogen-bond donors (Lipinski definition) is 0. The molecule has 32 heavy (non-hydrogen) atoms. The Kier molecular flexibility index (Phi) is 14.9. The lowest BCUT2D eigenvalue weighted by atomic mass is 10.0. The quantitative estimate of drug-likeness (QED) is 0.144. The van der Waals surface area contributed by atoms with Crippen LogP contribution in [0.2, 0.25) is 0 Å². The first-order valence-electron chi connectivity index (χ1n) is 14.0. The maximum absolute atomic E-state index is 2.49. The van der Waals surface area contributed by atoms with Crippen molar-refractivity contribution in [2.75, 3.05) is 0 Å². The molecule has 0 aliphatic rings. The van der Waals surface area contributed by atoms with Crippen LogP contribution in [0.3, 0.4) is 0 Å². The average molecular weight is 440 g/mol. The van der Waals surface area contributed by atoms with E-state index in [-0.39, 0.29) is 0 Å². The molecule has 0 radical (unpaired) electrons. The van der Waals surface area contributed by atoms with Crippen LogP contribution in [0.5, 0.6) is 0 Å². The van der Waals surface area contributed by atoms with E-state index in [0.29, 0.717) is 0 Å². The number of hydrogen-bond acceptors (Lipinski definition) is 0. The van der Waals surface area contributed by atoms with E-state index in [2.05, 4.69) is 65.7 Å². The van der Waals surface area contributed by atoms with Crippen LogP contribution in [0.1, 0.15) is 128 Å². The molecule has 2 nitrogen and oxygen atoms in total. The molecular formula is C30H51N2+. The molecule has 1 aromatic carbocycles. The predicted molar refractivity (Wildman–Crippen MR) is 139 cm³/mol. The lowest BCUT2D eigenvalue weighted by Gasteiger charge is -2.05. The summed E-state index contributed by atoms with van der Waals surface area (Å²) in [6.07, 6.45) is 28.5. The topological polar surface area (TPSA) is 8.81 Å². The zero-order chi connectivity index (χ0) is 22.7. The molecule has 0 amide bonds. The lowest BCUT2D eigenvalue weighted by molar-refractivity contribution is -0.703. The minimum Gasteiger partial charge on any atom is -0.234 e. The number of benzene rings is 1.